The summed E-state index contributed by atoms with van der Waals surface area (Å²) in [6, 6.07) is 14.5. The summed E-state index contributed by atoms with van der Waals surface area (Å²) in [7, 11) is 1.67. The Morgan fingerprint density at radius 3 is 2.73 bits per heavy atom. The van der Waals surface area contributed by atoms with Crippen molar-refractivity contribution in [3.05, 3.63) is 59.9 Å². The zero-order valence-corrected chi connectivity index (χ0v) is 18.0. The molecule has 2 aromatic rings. The van der Waals surface area contributed by atoms with Crippen LogP contribution in [0.2, 0.25) is 0 Å². The summed E-state index contributed by atoms with van der Waals surface area (Å²) < 4.78 is 12.8. The molecule has 1 aliphatic heterocycles. The third kappa shape index (κ3) is 7.25. The fraction of sp³-hybridized carbons (Fsp3) is 0.522. The standard InChI is InChI=1S/C23H34N4O3/c1-29-15-14-27(23(28)18-24-9-11-25-12-16-30-17-13-25)20-22-8-5-10-26(22)19-21-6-3-2-4-7-21/h2-8,10,24H,9,11-20H2,1H3. The summed E-state index contributed by atoms with van der Waals surface area (Å²) in [5.74, 6) is 0.0986. The molecule has 1 N–H and O–H groups in total. The van der Waals surface area contributed by atoms with Gasteiger partial charge < -0.3 is 24.3 Å². The van der Waals surface area contributed by atoms with Crippen molar-refractivity contribution in [2.24, 2.45) is 0 Å². The minimum absolute atomic E-state index is 0.0986. The van der Waals surface area contributed by atoms with Gasteiger partial charge in [-0.1, -0.05) is 30.3 Å². The van der Waals surface area contributed by atoms with Crippen LogP contribution in [0.1, 0.15) is 11.3 Å². The number of rotatable bonds is 12. The van der Waals surface area contributed by atoms with Gasteiger partial charge in [-0.3, -0.25) is 9.69 Å². The minimum Gasteiger partial charge on any atom is -0.383 e. The summed E-state index contributed by atoms with van der Waals surface area (Å²) in [6.07, 6.45) is 2.07. The average molecular weight is 415 g/mol. The molecule has 1 fully saturated rings. The van der Waals surface area contributed by atoms with Gasteiger partial charge in [0.15, 0.2) is 0 Å². The van der Waals surface area contributed by atoms with Crippen LogP contribution in [0.3, 0.4) is 0 Å². The van der Waals surface area contributed by atoms with E-state index in [0.717, 1.165) is 51.6 Å². The number of hydrogen-bond acceptors (Lipinski definition) is 5. The Hall–Kier alpha value is -2.19. The maximum absolute atomic E-state index is 12.9. The zero-order valence-electron chi connectivity index (χ0n) is 18.0. The molecule has 0 bridgehead atoms. The quantitative estimate of drug-likeness (QED) is 0.533. The smallest absolute Gasteiger partial charge is 0.236 e. The molecule has 7 nitrogen and oxygen atoms in total. The van der Waals surface area contributed by atoms with E-state index in [1.807, 2.05) is 17.0 Å². The minimum atomic E-state index is 0.0986. The number of ether oxygens (including phenoxy) is 2. The molecular weight excluding hydrogens is 380 g/mol. The Morgan fingerprint density at radius 1 is 1.17 bits per heavy atom. The first kappa shape index (κ1) is 22.5. The molecule has 0 spiro atoms. The first-order valence-electron chi connectivity index (χ1n) is 10.7. The van der Waals surface area contributed by atoms with E-state index in [1.165, 1.54) is 5.56 Å². The van der Waals surface area contributed by atoms with Crippen molar-refractivity contribution in [2.45, 2.75) is 13.1 Å². The molecule has 3 rings (SSSR count). The molecule has 0 saturated carbocycles. The number of carbonyl (C=O) groups is 1. The van der Waals surface area contributed by atoms with Gasteiger partial charge in [0, 0.05) is 58.3 Å². The van der Waals surface area contributed by atoms with E-state index in [2.05, 4.69) is 51.3 Å². The number of carbonyl (C=O) groups excluding carboxylic acids is 1. The highest BCUT2D eigenvalue weighted by Crippen LogP contribution is 2.11. The molecule has 30 heavy (non-hydrogen) atoms. The molecule has 1 amide bonds. The Kier molecular flexibility index (Phi) is 9.37. The Balaban J connectivity index is 1.51. The van der Waals surface area contributed by atoms with Crippen LogP contribution in [-0.4, -0.2) is 86.5 Å². The van der Waals surface area contributed by atoms with Crippen molar-refractivity contribution in [3.63, 3.8) is 0 Å². The first-order chi connectivity index (χ1) is 14.8. The lowest BCUT2D eigenvalue weighted by Crippen LogP contribution is -2.43. The van der Waals surface area contributed by atoms with Gasteiger partial charge in [-0.25, -0.2) is 0 Å². The number of hydrogen-bond donors (Lipinski definition) is 1. The maximum atomic E-state index is 12.9. The van der Waals surface area contributed by atoms with E-state index in [1.54, 1.807) is 7.11 Å². The van der Waals surface area contributed by atoms with E-state index < -0.39 is 0 Å². The molecule has 1 aromatic heterocycles. The monoisotopic (exact) mass is 414 g/mol. The number of methoxy groups -OCH3 is 1. The van der Waals surface area contributed by atoms with Gasteiger partial charge in [-0.05, 0) is 17.7 Å². The number of aromatic nitrogens is 1. The van der Waals surface area contributed by atoms with Crippen molar-refractivity contribution >= 4 is 5.91 Å². The molecule has 7 heteroatoms. The number of morpholine rings is 1. The van der Waals surface area contributed by atoms with Gasteiger partial charge in [-0.15, -0.1) is 0 Å². The van der Waals surface area contributed by atoms with Gasteiger partial charge in [0.05, 0.1) is 32.9 Å². The average Bonchev–Trinajstić information content (AvgIpc) is 3.22. The van der Waals surface area contributed by atoms with Crippen molar-refractivity contribution in [2.75, 3.05) is 66.2 Å². The van der Waals surface area contributed by atoms with Crippen molar-refractivity contribution < 1.29 is 14.3 Å². The highest BCUT2D eigenvalue weighted by molar-refractivity contribution is 5.78. The molecule has 0 aliphatic carbocycles. The largest absolute Gasteiger partial charge is 0.383 e. The van der Waals surface area contributed by atoms with Crippen LogP contribution in [0, 0.1) is 0 Å². The number of nitrogens with zero attached hydrogens (tertiary/aromatic N) is 3. The van der Waals surface area contributed by atoms with E-state index in [4.69, 9.17) is 9.47 Å². The van der Waals surface area contributed by atoms with Gasteiger partial charge in [0.1, 0.15) is 0 Å². The second kappa shape index (κ2) is 12.5. The van der Waals surface area contributed by atoms with E-state index in [9.17, 15) is 4.79 Å². The van der Waals surface area contributed by atoms with Crippen LogP contribution in [0.5, 0.6) is 0 Å². The number of nitrogens with one attached hydrogen (secondary N) is 1. The van der Waals surface area contributed by atoms with Crippen LogP contribution in [0.25, 0.3) is 0 Å². The second-order valence-corrected chi connectivity index (χ2v) is 7.55. The van der Waals surface area contributed by atoms with Crippen LogP contribution < -0.4 is 5.32 Å². The molecule has 0 atom stereocenters. The van der Waals surface area contributed by atoms with E-state index in [0.29, 0.717) is 26.2 Å². The normalized spacial score (nSPS) is 14.7. The van der Waals surface area contributed by atoms with Gasteiger partial charge in [0.2, 0.25) is 5.91 Å². The molecular formula is C23H34N4O3. The Morgan fingerprint density at radius 2 is 1.97 bits per heavy atom. The van der Waals surface area contributed by atoms with Crippen molar-refractivity contribution in [1.82, 2.24) is 19.7 Å². The van der Waals surface area contributed by atoms with Crippen LogP contribution in [-0.2, 0) is 27.4 Å². The Bertz CT molecular complexity index is 744. The first-order valence-corrected chi connectivity index (χ1v) is 10.7. The van der Waals surface area contributed by atoms with E-state index in [-0.39, 0.29) is 5.91 Å². The number of amides is 1. The maximum Gasteiger partial charge on any atom is 0.236 e. The third-order valence-electron chi connectivity index (χ3n) is 5.37. The predicted octanol–water partition coefficient (Wildman–Crippen LogP) is 1.43. The van der Waals surface area contributed by atoms with Crippen LogP contribution in [0.15, 0.2) is 48.7 Å². The van der Waals surface area contributed by atoms with Crippen molar-refractivity contribution in [1.29, 1.82) is 0 Å². The predicted molar refractivity (Wildman–Crippen MR) is 117 cm³/mol. The lowest BCUT2D eigenvalue weighted by atomic mass is 10.2. The lowest BCUT2D eigenvalue weighted by Gasteiger charge is -2.27. The topological polar surface area (TPSA) is 59.0 Å². The Labute approximate surface area is 179 Å². The fourth-order valence-electron chi connectivity index (χ4n) is 3.59. The molecule has 0 unspecified atom stereocenters. The lowest BCUT2D eigenvalue weighted by molar-refractivity contribution is -0.131. The number of benzene rings is 1. The molecule has 2 heterocycles. The molecule has 0 radical (unpaired) electrons. The summed E-state index contributed by atoms with van der Waals surface area (Å²) in [5.41, 5.74) is 2.37. The van der Waals surface area contributed by atoms with Crippen LogP contribution >= 0.6 is 0 Å². The third-order valence-corrected chi connectivity index (χ3v) is 5.37. The van der Waals surface area contributed by atoms with Gasteiger partial charge >= 0.3 is 0 Å². The fourth-order valence-corrected chi connectivity index (χ4v) is 3.59. The molecule has 1 aromatic carbocycles. The molecule has 1 aliphatic rings. The summed E-state index contributed by atoms with van der Waals surface area (Å²) in [5, 5.41) is 3.30. The SMILES string of the molecule is COCCN(Cc1cccn1Cc1ccccc1)C(=O)CNCCN1CCOCC1. The van der Waals surface area contributed by atoms with Gasteiger partial charge in [-0.2, -0.15) is 0 Å². The summed E-state index contributed by atoms with van der Waals surface area (Å²) in [6.45, 7) is 8.09. The highest BCUT2D eigenvalue weighted by atomic mass is 16.5. The van der Waals surface area contributed by atoms with E-state index >= 15 is 0 Å². The zero-order chi connectivity index (χ0) is 21.0. The second-order valence-electron chi connectivity index (χ2n) is 7.55. The van der Waals surface area contributed by atoms with Crippen molar-refractivity contribution in [3.8, 4) is 0 Å². The van der Waals surface area contributed by atoms with Gasteiger partial charge in [0.25, 0.3) is 0 Å². The molecule has 1 saturated heterocycles. The summed E-state index contributed by atoms with van der Waals surface area (Å²) >= 11 is 0. The molecule has 164 valence electrons. The van der Waals surface area contributed by atoms with Crippen LogP contribution in [0.4, 0.5) is 0 Å². The highest BCUT2D eigenvalue weighted by Gasteiger charge is 2.16. The summed E-state index contributed by atoms with van der Waals surface area (Å²) in [4.78, 5) is 17.1.